The summed E-state index contributed by atoms with van der Waals surface area (Å²) in [6, 6.07) is 8.58. The van der Waals surface area contributed by atoms with Gasteiger partial charge in [0.15, 0.2) is 0 Å². The van der Waals surface area contributed by atoms with Crippen molar-refractivity contribution in [1.29, 1.82) is 0 Å². The Morgan fingerprint density at radius 3 is 2.77 bits per heavy atom. The third kappa shape index (κ3) is 4.73. The van der Waals surface area contributed by atoms with Crippen LogP contribution >= 0.6 is 0 Å². The third-order valence-corrected chi connectivity index (χ3v) is 4.61. The van der Waals surface area contributed by atoms with E-state index in [4.69, 9.17) is 0 Å². The summed E-state index contributed by atoms with van der Waals surface area (Å²) in [7, 11) is 0. The zero-order valence-electron chi connectivity index (χ0n) is 13.9. The first-order chi connectivity index (χ1) is 10.7. The molecular formula is C18H29N3O. The lowest BCUT2D eigenvalue weighted by Crippen LogP contribution is -2.41. The number of nitrogens with one attached hydrogen (secondary N) is 2. The Morgan fingerprint density at radius 1 is 1.23 bits per heavy atom. The first-order valence-corrected chi connectivity index (χ1v) is 8.56. The van der Waals surface area contributed by atoms with Crippen molar-refractivity contribution in [2.75, 3.05) is 32.7 Å². The van der Waals surface area contributed by atoms with Crippen LogP contribution in [0.3, 0.4) is 0 Å². The van der Waals surface area contributed by atoms with Crippen LogP contribution in [0.25, 0.3) is 0 Å². The van der Waals surface area contributed by atoms with Crippen LogP contribution < -0.4 is 10.6 Å². The average Bonchev–Trinajstić information content (AvgIpc) is 2.57. The van der Waals surface area contributed by atoms with E-state index in [9.17, 15) is 4.79 Å². The van der Waals surface area contributed by atoms with Gasteiger partial charge in [-0.05, 0) is 43.5 Å². The Kier molecular flexibility index (Phi) is 6.72. The molecule has 2 rings (SSSR count). The lowest BCUT2D eigenvalue weighted by atomic mass is 9.83. The number of benzene rings is 1. The lowest BCUT2D eigenvalue weighted by molar-refractivity contribution is 0.236. The van der Waals surface area contributed by atoms with Crippen molar-refractivity contribution < 1.29 is 4.79 Å². The van der Waals surface area contributed by atoms with Gasteiger partial charge in [-0.2, -0.15) is 0 Å². The number of likely N-dealkylation sites (N-methyl/N-ethyl adjacent to an activating group) is 1. The highest BCUT2D eigenvalue weighted by Gasteiger charge is 2.19. The molecule has 2 amide bonds. The molecule has 0 aromatic heterocycles. The van der Waals surface area contributed by atoms with Gasteiger partial charge < -0.3 is 15.5 Å². The fourth-order valence-electron chi connectivity index (χ4n) is 3.21. The van der Waals surface area contributed by atoms with E-state index in [-0.39, 0.29) is 6.03 Å². The van der Waals surface area contributed by atoms with Crippen molar-refractivity contribution in [3.05, 3.63) is 35.4 Å². The van der Waals surface area contributed by atoms with Crippen molar-refractivity contribution in [2.24, 2.45) is 0 Å². The Balaban J connectivity index is 1.73. The number of aryl methyl sites for hydroxylation is 1. The second kappa shape index (κ2) is 8.79. The molecular weight excluding hydrogens is 274 g/mol. The van der Waals surface area contributed by atoms with Gasteiger partial charge in [-0.1, -0.05) is 38.1 Å². The van der Waals surface area contributed by atoms with Gasteiger partial charge in [0.1, 0.15) is 0 Å². The predicted octanol–water partition coefficient (Wildman–Crippen LogP) is 2.75. The van der Waals surface area contributed by atoms with Gasteiger partial charge in [0.2, 0.25) is 0 Å². The normalized spacial score (nSPS) is 17.1. The maximum Gasteiger partial charge on any atom is 0.314 e. The molecule has 0 saturated carbocycles. The minimum atomic E-state index is -0.0461. The monoisotopic (exact) mass is 303 g/mol. The number of nitrogens with zero attached hydrogens (tertiary/aromatic N) is 1. The molecule has 0 saturated heterocycles. The van der Waals surface area contributed by atoms with Crippen molar-refractivity contribution in [3.8, 4) is 0 Å². The molecule has 1 aliphatic carbocycles. The van der Waals surface area contributed by atoms with Crippen molar-refractivity contribution >= 4 is 6.03 Å². The molecule has 1 aromatic carbocycles. The summed E-state index contributed by atoms with van der Waals surface area (Å²) >= 11 is 0. The van der Waals surface area contributed by atoms with Crippen LogP contribution in [0, 0.1) is 0 Å². The van der Waals surface area contributed by atoms with Crippen LogP contribution in [0.15, 0.2) is 24.3 Å². The Labute approximate surface area is 134 Å². The van der Waals surface area contributed by atoms with E-state index in [1.54, 1.807) is 0 Å². The van der Waals surface area contributed by atoms with Crippen LogP contribution in [0.2, 0.25) is 0 Å². The fourth-order valence-corrected chi connectivity index (χ4v) is 3.21. The van der Waals surface area contributed by atoms with Gasteiger partial charge in [-0.25, -0.2) is 4.79 Å². The lowest BCUT2D eigenvalue weighted by Gasteiger charge is -2.25. The van der Waals surface area contributed by atoms with E-state index >= 15 is 0 Å². The summed E-state index contributed by atoms with van der Waals surface area (Å²) in [5.41, 5.74) is 2.86. The SMILES string of the molecule is CCN(CC)CCNC(=O)NC[C@@H]1CCCc2ccccc21. The Bertz CT molecular complexity index is 471. The number of urea groups is 1. The molecule has 0 heterocycles. The summed E-state index contributed by atoms with van der Waals surface area (Å²) in [5.74, 6) is 0.457. The first kappa shape index (κ1) is 16.8. The second-order valence-corrected chi connectivity index (χ2v) is 5.95. The number of carbonyl (C=O) groups is 1. The average molecular weight is 303 g/mol. The highest BCUT2D eigenvalue weighted by molar-refractivity contribution is 5.73. The van der Waals surface area contributed by atoms with Gasteiger partial charge >= 0.3 is 6.03 Å². The predicted molar refractivity (Wildman–Crippen MR) is 91.3 cm³/mol. The maximum absolute atomic E-state index is 11.9. The summed E-state index contributed by atoms with van der Waals surface area (Å²) in [6.07, 6.45) is 3.55. The molecule has 0 radical (unpaired) electrons. The summed E-state index contributed by atoms with van der Waals surface area (Å²) in [4.78, 5) is 14.2. The fraction of sp³-hybridized carbons (Fsp3) is 0.611. The zero-order valence-corrected chi connectivity index (χ0v) is 13.9. The number of rotatable bonds is 7. The standard InChI is InChI=1S/C18H29N3O/c1-3-21(4-2)13-12-19-18(22)20-14-16-10-7-9-15-8-5-6-11-17(15)16/h5-6,8,11,16H,3-4,7,9-10,12-14H2,1-2H3,(H2,19,20,22)/t16-/m0/s1. The van der Waals surface area contributed by atoms with Crippen molar-refractivity contribution in [3.63, 3.8) is 0 Å². The molecule has 1 atom stereocenters. The van der Waals surface area contributed by atoms with Gasteiger partial charge in [0, 0.05) is 25.6 Å². The number of hydrogen-bond acceptors (Lipinski definition) is 2. The summed E-state index contributed by atoms with van der Waals surface area (Å²) in [6.45, 7) is 8.68. The van der Waals surface area contributed by atoms with E-state index in [2.05, 4.69) is 53.6 Å². The van der Waals surface area contributed by atoms with Gasteiger partial charge in [-0.3, -0.25) is 0 Å². The van der Waals surface area contributed by atoms with E-state index in [1.165, 1.54) is 24.0 Å². The van der Waals surface area contributed by atoms with E-state index in [0.717, 1.165) is 32.6 Å². The maximum atomic E-state index is 11.9. The van der Waals surface area contributed by atoms with E-state index in [1.807, 2.05) is 0 Å². The molecule has 4 heteroatoms. The summed E-state index contributed by atoms with van der Waals surface area (Å²) < 4.78 is 0. The molecule has 0 aliphatic heterocycles. The topological polar surface area (TPSA) is 44.4 Å². The number of fused-ring (bicyclic) bond motifs is 1. The van der Waals surface area contributed by atoms with Crippen molar-refractivity contribution in [1.82, 2.24) is 15.5 Å². The molecule has 122 valence electrons. The Morgan fingerprint density at radius 2 is 2.00 bits per heavy atom. The molecule has 0 bridgehead atoms. The smallest absolute Gasteiger partial charge is 0.314 e. The molecule has 1 aromatic rings. The molecule has 0 spiro atoms. The highest BCUT2D eigenvalue weighted by Crippen LogP contribution is 2.30. The molecule has 2 N–H and O–H groups in total. The van der Waals surface area contributed by atoms with Crippen LogP contribution in [0.1, 0.15) is 43.7 Å². The Hall–Kier alpha value is -1.55. The first-order valence-electron chi connectivity index (χ1n) is 8.56. The van der Waals surface area contributed by atoms with Gasteiger partial charge in [0.05, 0.1) is 0 Å². The molecule has 4 nitrogen and oxygen atoms in total. The number of hydrogen-bond donors (Lipinski definition) is 2. The van der Waals surface area contributed by atoms with Crippen LogP contribution in [0.5, 0.6) is 0 Å². The number of amides is 2. The third-order valence-electron chi connectivity index (χ3n) is 4.61. The molecule has 0 unspecified atom stereocenters. The summed E-state index contributed by atoms with van der Waals surface area (Å²) in [5, 5.41) is 5.99. The van der Waals surface area contributed by atoms with Crippen LogP contribution in [0.4, 0.5) is 4.79 Å². The molecule has 0 fully saturated rings. The van der Waals surface area contributed by atoms with Crippen LogP contribution in [-0.2, 0) is 6.42 Å². The second-order valence-electron chi connectivity index (χ2n) is 5.95. The minimum Gasteiger partial charge on any atom is -0.338 e. The minimum absolute atomic E-state index is 0.0461. The number of carbonyl (C=O) groups excluding carboxylic acids is 1. The van der Waals surface area contributed by atoms with Gasteiger partial charge in [0.25, 0.3) is 0 Å². The zero-order chi connectivity index (χ0) is 15.8. The van der Waals surface area contributed by atoms with E-state index < -0.39 is 0 Å². The van der Waals surface area contributed by atoms with Crippen LogP contribution in [-0.4, -0.2) is 43.7 Å². The van der Waals surface area contributed by atoms with E-state index in [0.29, 0.717) is 12.5 Å². The largest absolute Gasteiger partial charge is 0.338 e. The molecule has 22 heavy (non-hydrogen) atoms. The molecule has 1 aliphatic rings. The quantitative estimate of drug-likeness (QED) is 0.813. The van der Waals surface area contributed by atoms with Gasteiger partial charge in [-0.15, -0.1) is 0 Å². The van der Waals surface area contributed by atoms with Crippen molar-refractivity contribution in [2.45, 2.75) is 39.0 Å². The highest BCUT2D eigenvalue weighted by atomic mass is 16.2.